The number of rotatable bonds is 5. The molecule has 27 heavy (non-hydrogen) atoms. The van der Waals surface area contributed by atoms with Gasteiger partial charge in [-0.1, -0.05) is 57.6 Å². The van der Waals surface area contributed by atoms with E-state index in [4.69, 9.17) is 0 Å². The fourth-order valence-electron chi connectivity index (χ4n) is 3.11. The normalized spacial score (nSPS) is 14.0. The van der Waals surface area contributed by atoms with Crippen LogP contribution in [0.5, 0.6) is 5.88 Å². The lowest BCUT2D eigenvalue weighted by atomic mass is 10.1. The second kappa shape index (κ2) is 7.66. The summed E-state index contributed by atoms with van der Waals surface area (Å²) in [5.74, 6) is 0.0300. The van der Waals surface area contributed by atoms with Gasteiger partial charge in [0.05, 0.1) is 10.6 Å². The molecule has 3 aromatic rings. The highest BCUT2D eigenvalue weighted by Crippen LogP contribution is 2.36. The number of benzene rings is 2. The van der Waals surface area contributed by atoms with Crippen molar-refractivity contribution < 1.29 is 5.11 Å². The molecule has 0 fully saturated rings. The third kappa shape index (κ3) is 3.82. The number of allylic oxidation sites excluding steroid dienone is 1. The van der Waals surface area contributed by atoms with Crippen LogP contribution in [0.4, 0.5) is 5.69 Å². The first-order valence-corrected chi connectivity index (χ1v) is 10.2. The molecule has 1 aliphatic rings. The van der Waals surface area contributed by atoms with Crippen LogP contribution in [-0.4, -0.2) is 15.9 Å². The van der Waals surface area contributed by atoms with Crippen molar-refractivity contribution in [3.8, 4) is 5.88 Å². The van der Waals surface area contributed by atoms with Crippen molar-refractivity contribution in [1.82, 2.24) is 4.57 Å². The third-order valence-corrected chi connectivity index (χ3v) is 5.89. The highest BCUT2D eigenvalue weighted by molar-refractivity contribution is 9.10. The Morgan fingerprint density at radius 1 is 1.19 bits per heavy atom. The van der Waals surface area contributed by atoms with E-state index in [1.807, 2.05) is 42.5 Å². The Balaban J connectivity index is 1.55. The van der Waals surface area contributed by atoms with Crippen LogP contribution in [0.1, 0.15) is 22.4 Å². The number of thiazole rings is 1. The number of aromatic hydroxyl groups is 1. The summed E-state index contributed by atoms with van der Waals surface area (Å²) in [6.45, 7) is 0.495. The topological polar surface area (TPSA) is 54.6 Å². The molecule has 2 aromatic carbocycles. The molecule has 0 aliphatic carbocycles. The molecule has 1 aliphatic heterocycles. The van der Waals surface area contributed by atoms with Gasteiger partial charge >= 0.3 is 4.87 Å². The monoisotopic (exact) mass is 440 g/mol. The van der Waals surface area contributed by atoms with Gasteiger partial charge in [-0.3, -0.25) is 14.4 Å². The zero-order valence-corrected chi connectivity index (χ0v) is 16.8. The molecule has 0 atom stereocenters. The van der Waals surface area contributed by atoms with Crippen LogP contribution in [-0.2, 0) is 13.0 Å². The van der Waals surface area contributed by atoms with Gasteiger partial charge in [-0.25, -0.2) is 0 Å². The smallest absolute Gasteiger partial charge is 0.310 e. The van der Waals surface area contributed by atoms with E-state index in [0.29, 0.717) is 11.4 Å². The van der Waals surface area contributed by atoms with Crippen LogP contribution >= 0.6 is 27.3 Å². The molecule has 6 heteroatoms. The van der Waals surface area contributed by atoms with E-state index in [1.165, 1.54) is 10.1 Å². The lowest BCUT2D eigenvalue weighted by Crippen LogP contribution is -2.12. The number of nitrogens with zero attached hydrogens (tertiary/aromatic N) is 2. The van der Waals surface area contributed by atoms with Gasteiger partial charge in [0.1, 0.15) is 0 Å². The Labute approximate surface area is 169 Å². The largest absolute Gasteiger partial charge is 0.493 e. The maximum Gasteiger partial charge on any atom is 0.310 e. The molecule has 2 heterocycles. The zero-order chi connectivity index (χ0) is 18.8. The summed E-state index contributed by atoms with van der Waals surface area (Å²) in [5, 5.41) is 10.5. The molecule has 0 spiro atoms. The fraction of sp³-hybridized carbons (Fsp3) is 0.143. The quantitative estimate of drug-likeness (QED) is 0.587. The maximum absolute atomic E-state index is 12.3. The first-order chi connectivity index (χ1) is 13.1. The van der Waals surface area contributed by atoms with Crippen molar-refractivity contribution in [2.45, 2.75) is 19.4 Å². The number of aryl methyl sites for hydroxylation is 1. The molecule has 4 nitrogen and oxygen atoms in total. The predicted molar refractivity (Wildman–Crippen MR) is 115 cm³/mol. The minimum absolute atomic E-state index is 0.0300. The van der Waals surface area contributed by atoms with Gasteiger partial charge in [-0.05, 0) is 42.7 Å². The van der Waals surface area contributed by atoms with Crippen LogP contribution in [0, 0.1) is 0 Å². The Kier molecular flexibility index (Phi) is 5.09. The first-order valence-electron chi connectivity index (χ1n) is 8.64. The Morgan fingerprint density at radius 2 is 2.00 bits per heavy atom. The standard InChI is InChI=1S/C21H17BrN2O2S/c22-16-8-9-18-17(12-16)15(13-23-18)11-19-20(25)24(21(26)27-19)10-4-7-14-5-2-1-3-6-14/h1-3,5-6,8-9,11-13,25H,4,7,10H2. The Hall–Kier alpha value is -2.44. The summed E-state index contributed by atoms with van der Waals surface area (Å²) >= 11 is 4.53. The van der Waals surface area contributed by atoms with Gasteiger partial charge in [0.15, 0.2) is 0 Å². The molecule has 136 valence electrons. The average Bonchev–Trinajstić information content (AvgIpc) is 3.18. The number of halogens is 1. The molecule has 0 saturated carbocycles. The molecule has 0 saturated heterocycles. The van der Waals surface area contributed by atoms with Crippen LogP contribution in [0.15, 0.2) is 62.8 Å². The number of hydrogen-bond donors (Lipinski definition) is 1. The molecular weight excluding hydrogens is 424 g/mol. The van der Waals surface area contributed by atoms with E-state index >= 15 is 0 Å². The van der Waals surface area contributed by atoms with E-state index in [9.17, 15) is 9.90 Å². The van der Waals surface area contributed by atoms with Crippen molar-refractivity contribution in [3.63, 3.8) is 0 Å². The maximum atomic E-state index is 12.3. The van der Waals surface area contributed by atoms with Gasteiger partial charge in [-0.2, -0.15) is 0 Å². The van der Waals surface area contributed by atoms with Crippen molar-refractivity contribution in [2.75, 3.05) is 0 Å². The Bertz CT molecular complexity index is 1100. The van der Waals surface area contributed by atoms with Crippen molar-refractivity contribution in [2.24, 2.45) is 4.99 Å². The highest BCUT2D eigenvalue weighted by atomic mass is 79.9. The number of aliphatic imine (C=N–C) groups is 1. The van der Waals surface area contributed by atoms with Crippen LogP contribution in [0.3, 0.4) is 0 Å². The van der Waals surface area contributed by atoms with Gasteiger partial charge in [0.2, 0.25) is 5.88 Å². The second-order valence-corrected chi connectivity index (χ2v) is 8.22. The van der Waals surface area contributed by atoms with Gasteiger partial charge in [0.25, 0.3) is 0 Å². The summed E-state index contributed by atoms with van der Waals surface area (Å²) in [7, 11) is 0. The second-order valence-electron chi connectivity index (χ2n) is 6.32. The SMILES string of the molecule is O=c1sc(C=C2C=Nc3ccc(Br)cc32)c(O)n1CCCc1ccccc1. The molecule has 0 amide bonds. The minimum Gasteiger partial charge on any atom is -0.493 e. The third-order valence-electron chi connectivity index (χ3n) is 4.48. The highest BCUT2D eigenvalue weighted by Gasteiger charge is 2.16. The zero-order valence-electron chi connectivity index (χ0n) is 14.4. The van der Waals surface area contributed by atoms with Crippen molar-refractivity contribution in [1.29, 1.82) is 0 Å². The summed E-state index contributed by atoms with van der Waals surface area (Å²) in [6, 6.07) is 16.0. The van der Waals surface area contributed by atoms with E-state index in [0.717, 1.165) is 45.5 Å². The molecule has 4 rings (SSSR count). The summed E-state index contributed by atoms with van der Waals surface area (Å²) in [6.07, 6.45) is 5.26. The molecule has 1 N–H and O–H groups in total. The molecule has 0 radical (unpaired) electrons. The number of hydrogen-bond acceptors (Lipinski definition) is 4. The van der Waals surface area contributed by atoms with Crippen molar-refractivity contribution >= 4 is 50.8 Å². The lowest BCUT2D eigenvalue weighted by Gasteiger charge is -2.04. The van der Waals surface area contributed by atoms with Crippen LogP contribution in [0.25, 0.3) is 11.6 Å². The summed E-state index contributed by atoms with van der Waals surface area (Å²) in [4.78, 5) is 17.1. The van der Waals surface area contributed by atoms with Crippen molar-refractivity contribution in [3.05, 3.63) is 78.7 Å². The lowest BCUT2D eigenvalue weighted by molar-refractivity contribution is 0.408. The van der Waals surface area contributed by atoms with E-state index in [2.05, 4.69) is 33.1 Å². The average molecular weight is 441 g/mol. The molecule has 0 unspecified atom stereocenters. The summed E-state index contributed by atoms with van der Waals surface area (Å²) < 4.78 is 2.42. The van der Waals surface area contributed by atoms with E-state index in [1.54, 1.807) is 6.21 Å². The fourth-order valence-corrected chi connectivity index (χ4v) is 4.33. The molecule has 1 aromatic heterocycles. The number of fused-ring (bicyclic) bond motifs is 1. The van der Waals surface area contributed by atoms with E-state index in [-0.39, 0.29) is 10.8 Å². The number of aromatic nitrogens is 1. The van der Waals surface area contributed by atoms with Crippen LogP contribution in [0.2, 0.25) is 0 Å². The van der Waals surface area contributed by atoms with Crippen LogP contribution < -0.4 is 4.87 Å². The Morgan fingerprint density at radius 3 is 2.81 bits per heavy atom. The van der Waals surface area contributed by atoms with Gasteiger partial charge in [0, 0.05) is 28.4 Å². The first kappa shape index (κ1) is 17.9. The minimum atomic E-state index is -0.142. The molecule has 0 bridgehead atoms. The van der Waals surface area contributed by atoms with Gasteiger partial charge < -0.3 is 5.11 Å². The van der Waals surface area contributed by atoms with E-state index < -0.39 is 0 Å². The summed E-state index contributed by atoms with van der Waals surface area (Å²) in [5.41, 5.74) is 3.99. The van der Waals surface area contributed by atoms with Gasteiger partial charge in [-0.15, -0.1) is 0 Å². The molecular formula is C21H17BrN2O2S. The predicted octanol–water partition coefficient (Wildman–Crippen LogP) is 5.27.